The summed E-state index contributed by atoms with van der Waals surface area (Å²) in [5, 5.41) is 0. The van der Waals surface area contributed by atoms with Crippen LogP contribution in [0.2, 0.25) is 0 Å². The van der Waals surface area contributed by atoms with Gasteiger partial charge in [0.25, 0.3) is 0 Å². The molecule has 0 unspecified atom stereocenters. The Hall–Kier alpha value is -2.87. The maximum absolute atomic E-state index is 12.5. The van der Waals surface area contributed by atoms with Gasteiger partial charge in [0.05, 0.1) is 0 Å². The van der Waals surface area contributed by atoms with Crippen LogP contribution in [0.15, 0.2) is 84.9 Å². The van der Waals surface area contributed by atoms with Gasteiger partial charge in [-0.1, -0.05) is 48.5 Å². The molecule has 0 fully saturated rings. The van der Waals surface area contributed by atoms with Crippen LogP contribution in [-0.2, 0) is 0 Å². The molecule has 0 saturated heterocycles. The van der Waals surface area contributed by atoms with Gasteiger partial charge in [-0.25, -0.2) is 0 Å². The molecular weight excluding hydrogens is 282 g/mol. The number of carbonyl (C=O) groups excluding carboxylic acids is 1. The van der Waals surface area contributed by atoms with Crippen molar-refractivity contribution in [2.24, 2.45) is 0 Å². The summed E-state index contributed by atoms with van der Waals surface area (Å²) >= 11 is 0. The lowest BCUT2D eigenvalue weighted by Crippen LogP contribution is -2.15. The number of ketones is 1. The van der Waals surface area contributed by atoms with E-state index in [1.807, 2.05) is 72.8 Å². The summed E-state index contributed by atoms with van der Waals surface area (Å²) in [7, 11) is 0. The number of hydrogen-bond donors (Lipinski definition) is 0. The number of carbonyl (C=O) groups is 1. The summed E-state index contributed by atoms with van der Waals surface area (Å²) in [5.41, 5.74) is 3.67. The van der Waals surface area contributed by atoms with E-state index < -0.39 is 0 Å². The third-order valence-electron chi connectivity index (χ3n) is 3.86. The number of anilines is 2. The van der Waals surface area contributed by atoms with Gasteiger partial charge in [-0.05, 0) is 43.3 Å². The van der Waals surface area contributed by atoms with Gasteiger partial charge >= 0.3 is 0 Å². The van der Waals surface area contributed by atoms with Gasteiger partial charge in [0.15, 0.2) is 5.78 Å². The third-order valence-corrected chi connectivity index (χ3v) is 3.86. The van der Waals surface area contributed by atoms with Crippen LogP contribution in [0, 0.1) is 0 Å². The molecule has 114 valence electrons. The lowest BCUT2D eigenvalue weighted by molar-refractivity contribution is 0.103. The van der Waals surface area contributed by atoms with Gasteiger partial charge in [0, 0.05) is 29.0 Å². The molecule has 0 bridgehead atoms. The second kappa shape index (κ2) is 6.93. The Morgan fingerprint density at radius 3 is 1.74 bits per heavy atom. The molecule has 0 aliphatic carbocycles. The summed E-state index contributed by atoms with van der Waals surface area (Å²) in [4.78, 5) is 14.7. The van der Waals surface area contributed by atoms with Gasteiger partial charge in [-0.15, -0.1) is 0 Å². The molecule has 0 heterocycles. The minimum absolute atomic E-state index is 0.0555. The smallest absolute Gasteiger partial charge is 0.193 e. The fourth-order valence-corrected chi connectivity index (χ4v) is 2.67. The van der Waals surface area contributed by atoms with Crippen molar-refractivity contribution in [1.29, 1.82) is 0 Å². The Morgan fingerprint density at radius 2 is 1.17 bits per heavy atom. The first kappa shape index (κ1) is 15.0. The summed E-state index contributed by atoms with van der Waals surface area (Å²) < 4.78 is 0. The average molecular weight is 301 g/mol. The minimum Gasteiger partial charge on any atom is -0.342 e. The van der Waals surface area contributed by atoms with E-state index in [0.717, 1.165) is 23.5 Å². The van der Waals surface area contributed by atoms with E-state index in [9.17, 15) is 4.79 Å². The first-order valence-electron chi connectivity index (χ1n) is 7.82. The number of hydrogen-bond acceptors (Lipinski definition) is 2. The van der Waals surface area contributed by atoms with Crippen molar-refractivity contribution in [1.82, 2.24) is 0 Å². The highest BCUT2D eigenvalue weighted by Gasteiger charge is 2.10. The zero-order valence-electron chi connectivity index (χ0n) is 13.1. The Morgan fingerprint density at radius 1 is 0.696 bits per heavy atom. The Balaban J connectivity index is 1.86. The van der Waals surface area contributed by atoms with E-state index in [2.05, 4.69) is 24.0 Å². The molecule has 0 aliphatic heterocycles. The van der Waals surface area contributed by atoms with Crippen LogP contribution in [0.25, 0.3) is 0 Å². The maximum atomic E-state index is 12.5. The van der Waals surface area contributed by atoms with E-state index in [-0.39, 0.29) is 5.78 Å². The largest absolute Gasteiger partial charge is 0.342 e. The first-order valence-corrected chi connectivity index (χ1v) is 7.82. The zero-order chi connectivity index (χ0) is 16.1. The highest BCUT2D eigenvalue weighted by atomic mass is 16.1. The average Bonchev–Trinajstić information content (AvgIpc) is 2.64. The lowest BCUT2D eigenvalue weighted by Gasteiger charge is -2.23. The third kappa shape index (κ3) is 3.32. The molecule has 0 spiro atoms. The maximum Gasteiger partial charge on any atom is 0.193 e. The van der Waals surface area contributed by atoms with Crippen molar-refractivity contribution in [3.63, 3.8) is 0 Å². The fraction of sp³-hybridized carbons (Fsp3) is 0.0952. The summed E-state index contributed by atoms with van der Waals surface area (Å²) in [6.07, 6.45) is 0. The van der Waals surface area contributed by atoms with Gasteiger partial charge in [-0.3, -0.25) is 4.79 Å². The molecule has 3 aromatic rings. The van der Waals surface area contributed by atoms with Gasteiger partial charge < -0.3 is 4.90 Å². The van der Waals surface area contributed by atoms with E-state index in [4.69, 9.17) is 0 Å². The Bertz CT molecular complexity index is 764. The summed E-state index contributed by atoms with van der Waals surface area (Å²) in [5.74, 6) is 0.0555. The van der Waals surface area contributed by atoms with Crippen LogP contribution in [0.3, 0.4) is 0 Å². The van der Waals surface area contributed by atoms with Crippen molar-refractivity contribution >= 4 is 17.2 Å². The molecule has 0 atom stereocenters. The van der Waals surface area contributed by atoms with E-state index >= 15 is 0 Å². The van der Waals surface area contributed by atoms with Crippen LogP contribution in [0.5, 0.6) is 0 Å². The first-order chi connectivity index (χ1) is 11.3. The fourth-order valence-electron chi connectivity index (χ4n) is 2.67. The predicted octanol–water partition coefficient (Wildman–Crippen LogP) is 5.08. The molecule has 0 N–H and O–H groups in total. The minimum atomic E-state index is 0.0555. The molecule has 3 rings (SSSR count). The molecule has 3 aromatic carbocycles. The molecule has 0 radical (unpaired) electrons. The van der Waals surface area contributed by atoms with E-state index in [1.165, 1.54) is 0 Å². The lowest BCUT2D eigenvalue weighted by atomic mass is 10.0. The van der Waals surface area contributed by atoms with Crippen LogP contribution < -0.4 is 4.90 Å². The molecule has 0 amide bonds. The standard InChI is InChI=1S/C21H19NO/c1-2-22(19-11-7-4-8-12-19)20-15-13-18(14-16-20)21(23)17-9-5-3-6-10-17/h3-16H,2H2,1H3. The quantitative estimate of drug-likeness (QED) is 0.613. The molecule has 2 nitrogen and oxygen atoms in total. The van der Waals surface area contributed by atoms with Crippen LogP contribution in [0.1, 0.15) is 22.8 Å². The van der Waals surface area contributed by atoms with Gasteiger partial charge in [-0.2, -0.15) is 0 Å². The monoisotopic (exact) mass is 301 g/mol. The Kier molecular flexibility index (Phi) is 4.53. The van der Waals surface area contributed by atoms with Crippen molar-refractivity contribution in [2.45, 2.75) is 6.92 Å². The number of benzene rings is 3. The highest BCUT2D eigenvalue weighted by Crippen LogP contribution is 2.25. The van der Waals surface area contributed by atoms with E-state index in [0.29, 0.717) is 5.56 Å². The van der Waals surface area contributed by atoms with Crippen molar-refractivity contribution in [3.8, 4) is 0 Å². The molecule has 0 aliphatic rings. The van der Waals surface area contributed by atoms with Crippen molar-refractivity contribution in [3.05, 3.63) is 96.1 Å². The SMILES string of the molecule is CCN(c1ccccc1)c1ccc(C(=O)c2ccccc2)cc1. The number of nitrogens with zero attached hydrogens (tertiary/aromatic N) is 1. The summed E-state index contributed by atoms with van der Waals surface area (Å²) in [6.45, 7) is 2.99. The second-order valence-electron chi connectivity index (χ2n) is 5.32. The van der Waals surface area contributed by atoms with E-state index in [1.54, 1.807) is 0 Å². The van der Waals surface area contributed by atoms with Crippen LogP contribution in [0.4, 0.5) is 11.4 Å². The second-order valence-corrected chi connectivity index (χ2v) is 5.32. The number of rotatable bonds is 5. The predicted molar refractivity (Wildman–Crippen MR) is 95.4 cm³/mol. The summed E-state index contributed by atoms with van der Waals surface area (Å²) in [6, 6.07) is 27.4. The van der Waals surface area contributed by atoms with Crippen molar-refractivity contribution < 1.29 is 4.79 Å². The molecule has 2 heteroatoms. The molecule has 23 heavy (non-hydrogen) atoms. The van der Waals surface area contributed by atoms with Gasteiger partial charge in [0.2, 0.25) is 0 Å². The van der Waals surface area contributed by atoms with Gasteiger partial charge in [0.1, 0.15) is 0 Å². The normalized spacial score (nSPS) is 10.3. The van der Waals surface area contributed by atoms with Crippen LogP contribution in [-0.4, -0.2) is 12.3 Å². The number of para-hydroxylation sites is 1. The van der Waals surface area contributed by atoms with Crippen molar-refractivity contribution in [2.75, 3.05) is 11.4 Å². The zero-order valence-corrected chi connectivity index (χ0v) is 13.1. The topological polar surface area (TPSA) is 20.3 Å². The highest BCUT2D eigenvalue weighted by molar-refractivity contribution is 6.09. The Labute approximate surface area is 137 Å². The molecular formula is C21H19NO. The molecule has 0 saturated carbocycles. The van der Waals surface area contributed by atoms with Crippen LogP contribution >= 0.6 is 0 Å². The molecule has 0 aromatic heterocycles.